The Balaban J connectivity index is 1.52. The molecule has 0 fully saturated rings. The van der Waals surface area contributed by atoms with Crippen LogP contribution >= 0.6 is 11.6 Å². The van der Waals surface area contributed by atoms with Gasteiger partial charge in [0.1, 0.15) is 0 Å². The number of aryl methyl sites for hydroxylation is 3. The number of anilines is 1. The van der Waals surface area contributed by atoms with Gasteiger partial charge in [0.2, 0.25) is 5.91 Å². The van der Waals surface area contributed by atoms with E-state index in [0.29, 0.717) is 10.8 Å². The first-order chi connectivity index (χ1) is 16.5. The van der Waals surface area contributed by atoms with Crippen LogP contribution in [0.15, 0.2) is 48.5 Å². The number of hydrogen-bond donors (Lipinski definition) is 1. The highest BCUT2D eigenvalue weighted by Gasteiger charge is 2.22. The topological polar surface area (TPSA) is 54.9 Å². The fourth-order valence-electron chi connectivity index (χ4n) is 4.52. The summed E-state index contributed by atoms with van der Waals surface area (Å²) in [6.07, 6.45) is 8.84. The van der Waals surface area contributed by atoms with E-state index in [9.17, 15) is 4.79 Å². The molecule has 1 N–H and O–H groups in total. The number of rotatable bonds is 10. The quantitative estimate of drug-likeness (QED) is 0.315. The highest BCUT2D eigenvalue weighted by Crippen LogP contribution is 2.33. The van der Waals surface area contributed by atoms with Crippen LogP contribution in [-0.2, 0) is 30.5 Å². The SMILES string of the molecule is CCC(C)CCCCCc1nc2c(nc1NC(=O)Cc1ccc(Cl)cc1)CCc1ccccc1-2. The summed E-state index contributed by atoms with van der Waals surface area (Å²) in [5.74, 6) is 1.33. The predicted octanol–water partition coefficient (Wildman–Crippen LogP) is 7.23. The van der Waals surface area contributed by atoms with Gasteiger partial charge >= 0.3 is 0 Å². The van der Waals surface area contributed by atoms with Crippen molar-refractivity contribution in [3.63, 3.8) is 0 Å². The zero-order valence-corrected chi connectivity index (χ0v) is 21.0. The Morgan fingerprint density at radius 1 is 1.03 bits per heavy atom. The van der Waals surface area contributed by atoms with Crippen LogP contribution in [0.25, 0.3) is 11.3 Å². The third kappa shape index (κ3) is 6.24. The largest absolute Gasteiger partial charge is 0.309 e. The van der Waals surface area contributed by atoms with Gasteiger partial charge in [-0.05, 0) is 54.9 Å². The first kappa shape index (κ1) is 24.4. The monoisotopic (exact) mass is 475 g/mol. The molecular weight excluding hydrogens is 442 g/mol. The number of carbonyl (C=O) groups is 1. The molecule has 4 rings (SSSR count). The molecule has 1 heterocycles. The first-order valence-electron chi connectivity index (χ1n) is 12.6. The van der Waals surface area contributed by atoms with Gasteiger partial charge in [-0.2, -0.15) is 0 Å². The second-order valence-electron chi connectivity index (χ2n) is 9.44. The average molecular weight is 476 g/mol. The minimum absolute atomic E-state index is 0.0780. The molecule has 178 valence electrons. The zero-order chi connectivity index (χ0) is 23.9. The summed E-state index contributed by atoms with van der Waals surface area (Å²) in [7, 11) is 0. The van der Waals surface area contributed by atoms with Gasteiger partial charge in [0, 0.05) is 10.6 Å². The summed E-state index contributed by atoms with van der Waals surface area (Å²) >= 11 is 5.98. The van der Waals surface area contributed by atoms with Crippen LogP contribution in [0, 0.1) is 5.92 Å². The third-order valence-corrected chi connectivity index (χ3v) is 7.04. The molecular formula is C29H34ClN3O. The van der Waals surface area contributed by atoms with Crippen LogP contribution < -0.4 is 5.32 Å². The molecule has 1 aromatic heterocycles. The number of amides is 1. The van der Waals surface area contributed by atoms with Crippen molar-refractivity contribution in [2.24, 2.45) is 5.92 Å². The number of hydrogen-bond acceptors (Lipinski definition) is 3. The fourth-order valence-corrected chi connectivity index (χ4v) is 4.65. The Labute approximate surface area is 208 Å². The van der Waals surface area contributed by atoms with Gasteiger partial charge in [-0.1, -0.05) is 87.5 Å². The van der Waals surface area contributed by atoms with E-state index in [2.05, 4.69) is 43.4 Å². The van der Waals surface area contributed by atoms with E-state index in [-0.39, 0.29) is 12.3 Å². The number of fused-ring (bicyclic) bond motifs is 3. The fraction of sp³-hybridized carbons (Fsp3) is 0.414. The normalized spacial score (nSPS) is 13.1. The van der Waals surface area contributed by atoms with Crippen molar-refractivity contribution in [3.05, 3.63) is 76.1 Å². The van der Waals surface area contributed by atoms with Crippen molar-refractivity contribution >= 4 is 23.3 Å². The number of benzene rings is 2. The molecule has 34 heavy (non-hydrogen) atoms. The van der Waals surface area contributed by atoms with Gasteiger partial charge in [-0.3, -0.25) is 4.79 Å². The van der Waals surface area contributed by atoms with Gasteiger partial charge < -0.3 is 5.32 Å². The molecule has 3 aromatic rings. The maximum Gasteiger partial charge on any atom is 0.229 e. The molecule has 1 unspecified atom stereocenters. The highest BCUT2D eigenvalue weighted by atomic mass is 35.5. The van der Waals surface area contributed by atoms with E-state index >= 15 is 0 Å². The molecule has 1 atom stereocenters. The Morgan fingerprint density at radius 3 is 2.62 bits per heavy atom. The van der Waals surface area contributed by atoms with E-state index in [4.69, 9.17) is 21.6 Å². The zero-order valence-electron chi connectivity index (χ0n) is 20.2. The van der Waals surface area contributed by atoms with Crippen molar-refractivity contribution in [1.29, 1.82) is 0 Å². The summed E-state index contributed by atoms with van der Waals surface area (Å²) in [4.78, 5) is 22.9. The number of carbonyl (C=O) groups excluding carboxylic acids is 1. The van der Waals surface area contributed by atoms with E-state index in [1.807, 2.05) is 24.3 Å². The van der Waals surface area contributed by atoms with Gasteiger partial charge in [0.05, 0.1) is 23.5 Å². The number of aromatic nitrogens is 2. The van der Waals surface area contributed by atoms with Crippen molar-refractivity contribution in [1.82, 2.24) is 9.97 Å². The Morgan fingerprint density at radius 2 is 1.82 bits per heavy atom. The van der Waals surface area contributed by atoms with Crippen LogP contribution in [0.4, 0.5) is 5.82 Å². The van der Waals surface area contributed by atoms with Gasteiger partial charge in [-0.15, -0.1) is 0 Å². The minimum Gasteiger partial charge on any atom is -0.309 e. The van der Waals surface area contributed by atoms with E-state index in [1.165, 1.54) is 30.4 Å². The number of nitrogens with one attached hydrogen (secondary N) is 1. The predicted molar refractivity (Wildman–Crippen MR) is 140 cm³/mol. The van der Waals surface area contributed by atoms with Crippen LogP contribution in [0.2, 0.25) is 5.02 Å². The lowest BCUT2D eigenvalue weighted by atomic mass is 9.91. The molecule has 0 saturated carbocycles. The number of nitrogens with zero attached hydrogens (tertiary/aromatic N) is 2. The second kappa shape index (κ2) is 11.6. The van der Waals surface area contributed by atoms with Crippen LogP contribution in [-0.4, -0.2) is 15.9 Å². The summed E-state index contributed by atoms with van der Waals surface area (Å²) < 4.78 is 0. The van der Waals surface area contributed by atoms with E-state index in [0.717, 1.165) is 60.7 Å². The van der Waals surface area contributed by atoms with Crippen LogP contribution in [0.5, 0.6) is 0 Å². The number of halogens is 1. The van der Waals surface area contributed by atoms with Crippen molar-refractivity contribution in [2.75, 3.05) is 5.32 Å². The molecule has 2 aromatic carbocycles. The Bertz CT molecular complexity index is 1130. The van der Waals surface area contributed by atoms with Crippen molar-refractivity contribution < 1.29 is 4.79 Å². The lowest BCUT2D eigenvalue weighted by molar-refractivity contribution is -0.115. The molecule has 0 spiro atoms. The van der Waals surface area contributed by atoms with E-state index in [1.54, 1.807) is 0 Å². The Hall–Kier alpha value is -2.72. The summed E-state index contributed by atoms with van der Waals surface area (Å²) in [5.41, 5.74) is 6.27. The molecule has 4 nitrogen and oxygen atoms in total. The minimum atomic E-state index is -0.0780. The standard InChI is InChI=1S/C29H34ClN3O/c1-3-20(2)9-5-4-6-12-26-29(33-27(34)19-21-13-16-23(30)17-14-21)32-25-18-15-22-10-7-8-11-24(22)28(25)31-26/h7-8,10-11,13-14,16-17,20H,3-6,9,12,15,18-19H2,1-2H3,(H,32,33,34). The lowest BCUT2D eigenvalue weighted by Gasteiger charge is -2.21. The maximum atomic E-state index is 12.9. The number of unbranched alkanes of at least 4 members (excludes halogenated alkanes) is 2. The van der Waals surface area contributed by atoms with Crippen molar-refractivity contribution in [3.8, 4) is 11.3 Å². The Kier molecular flexibility index (Phi) is 8.34. The molecule has 1 amide bonds. The van der Waals surface area contributed by atoms with Gasteiger partial charge in [-0.25, -0.2) is 9.97 Å². The summed E-state index contributed by atoms with van der Waals surface area (Å²) in [6, 6.07) is 15.8. The van der Waals surface area contributed by atoms with Crippen LogP contribution in [0.3, 0.4) is 0 Å². The first-order valence-corrected chi connectivity index (χ1v) is 12.9. The van der Waals surface area contributed by atoms with E-state index < -0.39 is 0 Å². The summed E-state index contributed by atoms with van der Waals surface area (Å²) in [6.45, 7) is 4.57. The second-order valence-corrected chi connectivity index (χ2v) is 9.87. The smallest absolute Gasteiger partial charge is 0.229 e. The van der Waals surface area contributed by atoms with Crippen molar-refractivity contribution in [2.45, 2.75) is 71.6 Å². The average Bonchev–Trinajstić information content (AvgIpc) is 2.85. The third-order valence-electron chi connectivity index (χ3n) is 6.79. The molecule has 0 aliphatic heterocycles. The molecule has 0 saturated heterocycles. The maximum absolute atomic E-state index is 12.9. The summed E-state index contributed by atoms with van der Waals surface area (Å²) in [5, 5.41) is 3.74. The van der Waals surface area contributed by atoms with Gasteiger partial charge in [0.25, 0.3) is 0 Å². The molecule has 1 aliphatic carbocycles. The van der Waals surface area contributed by atoms with Gasteiger partial charge in [0.15, 0.2) is 5.82 Å². The highest BCUT2D eigenvalue weighted by molar-refractivity contribution is 6.30. The molecule has 1 aliphatic rings. The molecule has 5 heteroatoms. The molecule has 0 bridgehead atoms. The van der Waals surface area contributed by atoms with Crippen LogP contribution in [0.1, 0.15) is 68.5 Å². The lowest BCUT2D eigenvalue weighted by Crippen LogP contribution is -2.20. The molecule has 0 radical (unpaired) electrons.